The number of carbonyl (C=O) groups is 1. The third-order valence-electron chi connectivity index (χ3n) is 3.19. The fraction of sp³-hybridized carbons (Fsp3) is 0.222. The van der Waals surface area contributed by atoms with E-state index in [0.717, 1.165) is 17.7 Å². The Kier molecular flexibility index (Phi) is 6.17. The van der Waals surface area contributed by atoms with Gasteiger partial charge in [-0.3, -0.25) is 4.79 Å². The van der Waals surface area contributed by atoms with Crippen molar-refractivity contribution in [3.8, 4) is 11.5 Å². The number of ether oxygens (including phenoxy) is 2. The molecule has 0 aromatic heterocycles. The number of rotatable bonds is 7. The monoisotopic (exact) mass is 312 g/mol. The Bertz CT molecular complexity index is 669. The van der Waals surface area contributed by atoms with Crippen LogP contribution < -0.4 is 14.9 Å². The molecule has 0 aliphatic carbocycles. The van der Waals surface area contributed by atoms with Gasteiger partial charge < -0.3 is 9.47 Å². The Morgan fingerprint density at radius 3 is 2.35 bits per heavy atom. The summed E-state index contributed by atoms with van der Waals surface area (Å²) in [5.74, 6) is 0.785. The van der Waals surface area contributed by atoms with Gasteiger partial charge in [0.05, 0.1) is 12.8 Å². The number of hydrogen-bond donors (Lipinski definition) is 1. The van der Waals surface area contributed by atoms with Crippen LogP contribution in [-0.4, -0.2) is 25.3 Å². The van der Waals surface area contributed by atoms with E-state index in [1.54, 1.807) is 19.2 Å². The zero-order chi connectivity index (χ0) is 16.5. The van der Waals surface area contributed by atoms with E-state index < -0.39 is 0 Å². The van der Waals surface area contributed by atoms with Crippen molar-refractivity contribution in [3.05, 3.63) is 60.2 Å². The molecule has 1 amide bonds. The van der Waals surface area contributed by atoms with E-state index in [-0.39, 0.29) is 12.5 Å². The maximum atomic E-state index is 11.9. The lowest BCUT2D eigenvalue weighted by molar-refractivity contribution is -0.123. The highest BCUT2D eigenvalue weighted by Gasteiger charge is 2.07. The molecule has 0 saturated carbocycles. The van der Waals surface area contributed by atoms with Crippen LogP contribution in [0.5, 0.6) is 11.5 Å². The highest BCUT2D eigenvalue weighted by molar-refractivity contribution is 6.00. The van der Waals surface area contributed by atoms with Crippen LogP contribution in [0.4, 0.5) is 0 Å². The van der Waals surface area contributed by atoms with Gasteiger partial charge >= 0.3 is 0 Å². The number of nitrogens with zero attached hydrogens (tertiary/aromatic N) is 1. The second kappa shape index (κ2) is 8.58. The first-order chi connectivity index (χ1) is 11.2. The molecule has 23 heavy (non-hydrogen) atoms. The van der Waals surface area contributed by atoms with Crippen LogP contribution in [0, 0.1) is 0 Å². The molecule has 0 bridgehead atoms. The number of nitrogens with one attached hydrogen (secondary N) is 1. The number of para-hydroxylation sites is 2. The Morgan fingerprint density at radius 1 is 1.04 bits per heavy atom. The molecule has 2 aromatic carbocycles. The van der Waals surface area contributed by atoms with Crippen molar-refractivity contribution < 1.29 is 14.3 Å². The molecule has 1 N–H and O–H groups in total. The van der Waals surface area contributed by atoms with Crippen molar-refractivity contribution in [2.75, 3.05) is 13.7 Å². The fourth-order valence-electron chi connectivity index (χ4n) is 2.02. The zero-order valence-corrected chi connectivity index (χ0v) is 13.3. The van der Waals surface area contributed by atoms with Crippen molar-refractivity contribution in [2.24, 2.45) is 5.10 Å². The summed E-state index contributed by atoms with van der Waals surface area (Å²) in [6.45, 7) is 1.86. The topological polar surface area (TPSA) is 59.9 Å². The number of hydrazone groups is 1. The first-order valence-electron chi connectivity index (χ1n) is 7.41. The van der Waals surface area contributed by atoms with Gasteiger partial charge in [0, 0.05) is 0 Å². The predicted octanol–water partition coefficient (Wildman–Crippen LogP) is 3.00. The van der Waals surface area contributed by atoms with Crippen molar-refractivity contribution in [3.63, 3.8) is 0 Å². The van der Waals surface area contributed by atoms with Crippen molar-refractivity contribution >= 4 is 11.6 Å². The predicted molar refractivity (Wildman–Crippen MR) is 89.9 cm³/mol. The Hall–Kier alpha value is -2.82. The molecule has 0 fully saturated rings. The van der Waals surface area contributed by atoms with Crippen molar-refractivity contribution in [2.45, 2.75) is 13.3 Å². The summed E-state index contributed by atoms with van der Waals surface area (Å²) in [5.41, 5.74) is 4.33. The normalized spacial score (nSPS) is 11.0. The van der Waals surface area contributed by atoms with E-state index in [2.05, 4.69) is 10.5 Å². The van der Waals surface area contributed by atoms with Gasteiger partial charge in [0.1, 0.15) is 0 Å². The van der Waals surface area contributed by atoms with E-state index in [4.69, 9.17) is 9.47 Å². The smallest absolute Gasteiger partial charge is 0.277 e. The van der Waals surface area contributed by atoms with Gasteiger partial charge in [0.15, 0.2) is 18.1 Å². The van der Waals surface area contributed by atoms with E-state index in [1.165, 1.54) is 0 Å². The standard InChI is InChI=1S/C18H20N2O3/c1-3-15(14-9-5-4-6-10-14)19-20-18(21)13-23-17-12-8-7-11-16(17)22-2/h4-12H,3,13H2,1-2H3,(H,20,21)/b19-15+. The lowest BCUT2D eigenvalue weighted by Gasteiger charge is -2.09. The van der Waals surface area contributed by atoms with Gasteiger partial charge in [0.2, 0.25) is 0 Å². The minimum Gasteiger partial charge on any atom is -0.493 e. The van der Waals surface area contributed by atoms with E-state index in [9.17, 15) is 4.79 Å². The lowest BCUT2D eigenvalue weighted by Crippen LogP contribution is -2.26. The number of amides is 1. The molecule has 5 heteroatoms. The minimum absolute atomic E-state index is 0.129. The molecule has 0 spiro atoms. The molecule has 0 atom stereocenters. The minimum atomic E-state index is -0.321. The molecule has 0 aliphatic heterocycles. The third kappa shape index (κ3) is 4.85. The maximum Gasteiger partial charge on any atom is 0.277 e. The second-order valence-electron chi connectivity index (χ2n) is 4.75. The summed E-state index contributed by atoms with van der Waals surface area (Å²) < 4.78 is 10.6. The van der Waals surface area contributed by atoms with Crippen molar-refractivity contribution in [1.82, 2.24) is 5.43 Å². The van der Waals surface area contributed by atoms with Gasteiger partial charge in [-0.05, 0) is 24.1 Å². The average Bonchev–Trinajstić information content (AvgIpc) is 2.61. The number of hydrogen-bond acceptors (Lipinski definition) is 4. The summed E-state index contributed by atoms with van der Waals surface area (Å²) in [7, 11) is 1.56. The van der Waals surface area contributed by atoms with Gasteiger partial charge in [-0.1, -0.05) is 49.4 Å². The highest BCUT2D eigenvalue weighted by atomic mass is 16.5. The molecule has 0 unspecified atom stereocenters. The molecule has 120 valence electrons. The van der Waals surface area contributed by atoms with Crippen LogP contribution in [0.15, 0.2) is 59.7 Å². The number of methoxy groups -OCH3 is 1. The van der Waals surface area contributed by atoms with Crippen LogP contribution in [0.25, 0.3) is 0 Å². The summed E-state index contributed by atoms with van der Waals surface area (Å²) in [5, 5.41) is 4.17. The SMILES string of the molecule is CC/C(=N\NC(=O)COc1ccccc1OC)c1ccccc1. The van der Waals surface area contributed by atoms with Crippen LogP contribution in [-0.2, 0) is 4.79 Å². The van der Waals surface area contributed by atoms with E-state index in [0.29, 0.717) is 11.5 Å². The summed E-state index contributed by atoms with van der Waals surface area (Å²) >= 11 is 0. The van der Waals surface area contributed by atoms with E-state index >= 15 is 0 Å². The Morgan fingerprint density at radius 2 is 1.70 bits per heavy atom. The molecule has 2 aromatic rings. The largest absolute Gasteiger partial charge is 0.493 e. The second-order valence-corrected chi connectivity index (χ2v) is 4.75. The van der Waals surface area contributed by atoms with Crippen LogP contribution >= 0.6 is 0 Å². The first kappa shape index (κ1) is 16.5. The summed E-state index contributed by atoms with van der Waals surface area (Å²) in [4.78, 5) is 11.9. The van der Waals surface area contributed by atoms with Crippen molar-refractivity contribution in [1.29, 1.82) is 0 Å². The highest BCUT2D eigenvalue weighted by Crippen LogP contribution is 2.25. The van der Waals surface area contributed by atoms with E-state index in [1.807, 2.05) is 49.4 Å². The van der Waals surface area contributed by atoms with Gasteiger partial charge in [0.25, 0.3) is 5.91 Å². The van der Waals surface area contributed by atoms with Crippen LogP contribution in [0.1, 0.15) is 18.9 Å². The summed E-state index contributed by atoms with van der Waals surface area (Å²) in [6.07, 6.45) is 0.720. The molecule has 2 rings (SSSR count). The van der Waals surface area contributed by atoms with Gasteiger partial charge in [-0.2, -0.15) is 5.10 Å². The number of benzene rings is 2. The van der Waals surface area contributed by atoms with Gasteiger partial charge in [-0.15, -0.1) is 0 Å². The quantitative estimate of drug-likeness (QED) is 0.631. The molecular weight excluding hydrogens is 292 g/mol. The Labute approximate surface area is 135 Å². The molecular formula is C18H20N2O3. The summed E-state index contributed by atoms with van der Waals surface area (Å²) in [6, 6.07) is 16.9. The molecule has 0 saturated heterocycles. The first-order valence-corrected chi connectivity index (χ1v) is 7.41. The van der Waals surface area contributed by atoms with Gasteiger partial charge in [-0.25, -0.2) is 5.43 Å². The zero-order valence-electron chi connectivity index (χ0n) is 13.3. The molecule has 0 heterocycles. The molecule has 5 nitrogen and oxygen atoms in total. The lowest BCUT2D eigenvalue weighted by atomic mass is 10.1. The third-order valence-corrected chi connectivity index (χ3v) is 3.19. The fourth-order valence-corrected chi connectivity index (χ4v) is 2.02. The maximum absolute atomic E-state index is 11.9. The molecule has 0 radical (unpaired) electrons. The average molecular weight is 312 g/mol. The molecule has 0 aliphatic rings. The van der Waals surface area contributed by atoms with Crippen LogP contribution in [0.2, 0.25) is 0 Å². The van der Waals surface area contributed by atoms with Crippen LogP contribution in [0.3, 0.4) is 0 Å². The number of carbonyl (C=O) groups excluding carboxylic acids is 1. The Balaban J connectivity index is 1.93.